The summed E-state index contributed by atoms with van der Waals surface area (Å²) in [7, 11) is 1.74. The minimum Gasteiger partial charge on any atom is -0.497 e. The van der Waals surface area contributed by atoms with Gasteiger partial charge in [0.15, 0.2) is 0 Å². The Morgan fingerprint density at radius 3 is 2.80 bits per heavy atom. The largest absolute Gasteiger partial charge is 0.497 e. The average molecular weight is 275 g/mol. The van der Waals surface area contributed by atoms with Crippen LogP contribution in [0.25, 0.3) is 0 Å². The van der Waals surface area contributed by atoms with Gasteiger partial charge in [0, 0.05) is 12.0 Å². The quantitative estimate of drug-likeness (QED) is 0.877. The van der Waals surface area contributed by atoms with Gasteiger partial charge in [-0.15, -0.1) is 0 Å². The minimum atomic E-state index is 0.150. The number of methoxy groups -OCH3 is 1. The van der Waals surface area contributed by atoms with Crippen molar-refractivity contribution in [3.05, 3.63) is 29.8 Å². The number of hydrogen-bond acceptors (Lipinski definition) is 2. The molecule has 2 unspecified atom stereocenters. The molecule has 1 aliphatic rings. The summed E-state index contributed by atoms with van der Waals surface area (Å²) in [4.78, 5) is 0. The van der Waals surface area contributed by atoms with Crippen LogP contribution < -0.4 is 10.5 Å². The van der Waals surface area contributed by atoms with Crippen LogP contribution in [0, 0.1) is 11.8 Å². The van der Waals surface area contributed by atoms with Crippen LogP contribution in [0.4, 0.5) is 0 Å². The monoisotopic (exact) mass is 275 g/mol. The summed E-state index contributed by atoms with van der Waals surface area (Å²) < 4.78 is 5.41. The van der Waals surface area contributed by atoms with Gasteiger partial charge in [0.1, 0.15) is 5.75 Å². The molecule has 1 aliphatic carbocycles. The van der Waals surface area contributed by atoms with Crippen molar-refractivity contribution in [1.29, 1.82) is 0 Å². The van der Waals surface area contributed by atoms with E-state index < -0.39 is 0 Å². The summed E-state index contributed by atoms with van der Waals surface area (Å²) in [5.41, 5.74) is 7.82. The Kier molecular flexibility index (Phi) is 5.09. The van der Waals surface area contributed by atoms with Crippen molar-refractivity contribution < 1.29 is 4.74 Å². The Morgan fingerprint density at radius 2 is 2.15 bits per heavy atom. The lowest BCUT2D eigenvalue weighted by Gasteiger charge is -2.45. The summed E-state index contributed by atoms with van der Waals surface area (Å²) in [6.45, 7) is 5.39. The SMILES string of the molecule is COc1cccc(C2(CN)CCCCC2CC(C)C)c1. The Bertz CT molecular complexity index is 429. The molecule has 0 heterocycles. The second-order valence-corrected chi connectivity index (χ2v) is 6.66. The predicted octanol–water partition coefficient (Wildman–Crippen LogP) is 4.13. The molecule has 2 atom stereocenters. The number of rotatable bonds is 5. The average Bonchev–Trinajstić information content (AvgIpc) is 2.47. The van der Waals surface area contributed by atoms with Gasteiger partial charge in [-0.25, -0.2) is 0 Å². The molecular weight excluding hydrogens is 246 g/mol. The fraction of sp³-hybridized carbons (Fsp3) is 0.667. The lowest BCUT2D eigenvalue weighted by molar-refractivity contribution is 0.163. The van der Waals surface area contributed by atoms with Gasteiger partial charge >= 0.3 is 0 Å². The topological polar surface area (TPSA) is 35.2 Å². The number of hydrogen-bond donors (Lipinski definition) is 1. The van der Waals surface area contributed by atoms with Crippen LogP contribution in [0.2, 0.25) is 0 Å². The van der Waals surface area contributed by atoms with Crippen LogP contribution in [-0.4, -0.2) is 13.7 Å². The molecule has 1 aromatic carbocycles. The maximum absolute atomic E-state index is 6.29. The molecule has 0 bridgehead atoms. The summed E-state index contributed by atoms with van der Waals surface area (Å²) in [6, 6.07) is 8.57. The lowest BCUT2D eigenvalue weighted by atomic mass is 9.60. The normalized spacial score (nSPS) is 26.8. The molecule has 20 heavy (non-hydrogen) atoms. The number of benzene rings is 1. The zero-order valence-electron chi connectivity index (χ0n) is 13.2. The van der Waals surface area contributed by atoms with E-state index >= 15 is 0 Å². The van der Waals surface area contributed by atoms with Crippen LogP contribution in [-0.2, 0) is 5.41 Å². The van der Waals surface area contributed by atoms with Crippen LogP contribution in [0.3, 0.4) is 0 Å². The van der Waals surface area contributed by atoms with Gasteiger partial charge in [-0.1, -0.05) is 38.8 Å². The number of ether oxygens (including phenoxy) is 1. The molecule has 2 rings (SSSR count). The molecular formula is C18H29NO. The van der Waals surface area contributed by atoms with Gasteiger partial charge in [-0.3, -0.25) is 0 Å². The summed E-state index contributed by atoms with van der Waals surface area (Å²) in [5.74, 6) is 2.38. The van der Waals surface area contributed by atoms with Crippen molar-refractivity contribution in [1.82, 2.24) is 0 Å². The first kappa shape index (κ1) is 15.4. The van der Waals surface area contributed by atoms with Crippen LogP contribution in [0.15, 0.2) is 24.3 Å². The molecule has 0 saturated heterocycles. The first-order valence-corrected chi connectivity index (χ1v) is 7.97. The van der Waals surface area contributed by atoms with Crippen molar-refractivity contribution in [3.63, 3.8) is 0 Å². The van der Waals surface area contributed by atoms with E-state index in [0.717, 1.165) is 18.2 Å². The highest BCUT2D eigenvalue weighted by Crippen LogP contribution is 2.46. The highest BCUT2D eigenvalue weighted by molar-refractivity contribution is 5.35. The fourth-order valence-corrected chi connectivity index (χ4v) is 3.92. The molecule has 0 aromatic heterocycles. The predicted molar refractivity (Wildman–Crippen MR) is 85.1 cm³/mol. The maximum Gasteiger partial charge on any atom is 0.119 e. The van der Waals surface area contributed by atoms with E-state index in [1.807, 2.05) is 6.07 Å². The molecule has 1 fully saturated rings. The molecule has 1 aromatic rings. The molecule has 0 spiro atoms. The first-order chi connectivity index (χ1) is 9.62. The second kappa shape index (κ2) is 6.62. The standard InChI is InChI=1S/C18H29NO/c1-14(2)11-15-7-4-5-10-18(15,13-19)16-8-6-9-17(12-16)20-3/h6,8-9,12,14-15H,4-5,7,10-11,13,19H2,1-3H3. The third kappa shape index (κ3) is 3.01. The van der Waals surface area contributed by atoms with Gasteiger partial charge in [0.2, 0.25) is 0 Å². The zero-order chi connectivity index (χ0) is 14.6. The van der Waals surface area contributed by atoms with Gasteiger partial charge in [-0.05, 0) is 48.8 Å². The van der Waals surface area contributed by atoms with Crippen molar-refractivity contribution in [2.24, 2.45) is 17.6 Å². The smallest absolute Gasteiger partial charge is 0.119 e. The van der Waals surface area contributed by atoms with Gasteiger partial charge in [0.05, 0.1) is 7.11 Å². The van der Waals surface area contributed by atoms with Gasteiger partial charge in [0.25, 0.3) is 0 Å². The number of nitrogens with two attached hydrogens (primary N) is 1. The first-order valence-electron chi connectivity index (χ1n) is 7.97. The van der Waals surface area contributed by atoms with Crippen LogP contribution in [0.5, 0.6) is 5.75 Å². The van der Waals surface area contributed by atoms with Crippen molar-refractivity contribution in [2.75, 3.05) is 13.7 Å². The summed E-state index contributed by atoms with van der Waals surface area (Å²) in [6.07, 6.45) is 6.45. The lowest BCUT2D eigenvalue weighted by Crippen LogP contribution is -2.45. The molecule has 2 nitrogen and oxygen atoms in total. The molecule has 2 N–H and O–H groups in total. The van der Waals surface area contributed by atoms with Crippen molar-refractivity contribution >= 4 is 0 Å². The molecule has 2 heteroatoms. The zero-order valence-corrected chi connectivity index (χ0v) is 13.2. The third-order valence-corrected chi connectivity index (χ3v) is 4.97. The Labute approximate surface area is 123 Å². The van der Waals surface area contributed by atoms with Crippen LogP contribution >= 0.6 is 0 Å². The fourth-order valence-electron chi connectivity index (χ4n) is 3.92. The Hall–Kier alpha value is -1.02. The molecule has 112 valence electrons. The third-order valence-electron chi connectivity index (χ3n) is 4.97. The van der Waals surface area contributed by atoms with E-state index in [1.165, 1.54) is 37.7 Å². The van der Waals surface area contributed by atoms with E-state index in [9.17, 15) is 0 Å². The summed E-state index contributed by atoms with van der Waals surface area (Å²) >= 11 is 0. The van der Waals surface area contributed by atoms with E-state index in [2.05, 4.69) is 32.0 Å². The van der Waals surface area contributed by atoms with Crippen molar-refractivity contribution in [2.45, 2.75) is 51.4 Å². The van der Waals surface area contributed by atoms with Gasteiger partial charge < -0.3 is 10.5 Å². The molecule has 0 aliphatic heterocycles. The Morgan fingerprint density at radius 1 is 1.35 bits per heavy atom. The minimum absolute atomic E-state index is 0.150. The second-order valence-electron chi connectivity index (χ2n) is 6.66. The van der Waals surface area contributed by atoms with E-state index in [4.69, 9.17) is 10.5 Å². The highest BCUT2D eigenvalue weighted by Gasteiger charge is 2.41. The summed E-state index contributed by atoms with van der Waals surface area (Å²) in [5, 5.41) is 0. The van der Waals surface area contributed by atoms with Crippen LogP contribution in [0.1, 0.15) is 51.5 Å². The molecule has 0 radical (unpaired) electrons. The molecule has 1 saturated carbocycles. The highest BCUT2D eigenvalue weighted by atomic mass is 16.5. The molecule has 0 amide bonds. The van der Waals surface area contributed by atoms with Gasteiger partial charge in [-0.2, -0.15) is 0 Å². The van der Waals surface area contributed by atoms with E-state index in [-0.39, 0.29) is 5.41 Å². The van der Waals surface area contributed by atoms with E-state index in [1.54, 1.807) is 7.11 Å². The Balaban J connectivity index is 2.37. The van der Waals surface area contributed by atoms with E-state index in [0.29, 0.717) is 5.92 Å². The maximum atomic E-state index is 6.29. The van der Waals surface area contributed by atoms with Crippen molar-refractivity contribution in [3.8, 4) is 5.75 Å².